The molecule has 2 aliphatic heterocycles. The molecule has 3 heterocycles. The number of carbonyl (C=O) groups is 4. The van der Waals surface area contributed by atoms with Crippen LogP contribution in [-0.4, -0.2) is 46.9 Å². The standard InChI is InChI=1S/C19H15FN2O4.C11H8ClNO2/c1-2-7-21-15-9-14(13(20)8-16(15)26-10-17(21)23)22-18(24)11-5-3-4-6-12(11)19(22)25;1-6-4-7-2-3-8(12)9(11(14)15)10(7)13-5-6/h1,8-9H,3-7,10H2;2-5H,1H3,(H,14,15). The molecule has 3 amide bonds. The fourth-order valence-electron chi connectivity index (χ4n) is 5.10. The smallest absolute Gasteiger partial charge is 0.339 e. The van der Waals surface area contributed by atoms with Gasteiger partial charge in [-0.3, -0.25) is 24.3 Å². The zero-order chi connectivity index (χ0) is 29.4. The lowest BCUT2D eigenvalue weighted by Gasteiger charge is -2.29. The lowest BCUT2D eigenvalue weighted by atomic mass is 9.93. The zero-order valence-electron chi connectivity index (χ0n) is 21.9. The van der Waals surface area contributed by atoms with Crippen molar-refractivity contribution < 1.29 is 33.4 Å². The van der Waals surface area contributed by atoms with E-state index in [0.29, 0.717) is 29.5 Å². The molecule has 3 aromatic rings. The van der Waals surface area contributed by atoms with E-state index in [9.17, 15) is 23.6 Å². The topological polar surface area (TPSA) is 117 Å². The van der Waals surface area contributed by atoms with E-state index in [1.54, 1.807) is 18.3 Å². The van der Waals surface area contributed by atoms with Crippen molar-refractivity contribution in [3.05, 3.63) is 69.6 Å². The Bertz CT molecular complexity index is 1700. The average Bonchev–Trinajstić information content (AvgIpc) is 3.20. The number of terminal acetylenes is 1. The number of rotatable bonds is 3. The van der Waals surface area contributed by atoms with Gasteiger partial charge < -0.3 is 9.84 Å². The van der Waals surface area contributed by atoms with Crippen molar-refractivity contribution in [2.75, 3.05) is 23.0 Å². The third-order valence-corrected chi connectivity index (χ3v) is 7.32. The van der Waals surface area contributed by atoms with E-state index >= 15 is 0 Å². The Labute approximate surface area is 239 Å². The molecule has 3 aliphatic rings. The average molecular weight is 576 g/mol. The summed E-state index contributed by atoms with van der Waals surface area (Å²) in [5, 5.41) is 10.0. The van der Waals surface area contributed by atoms with E-state index in [1.807, 2.05) is 13.0 Å². The number of aromatic carboxylic acids is 1. The summed E-state index contributed by atoms with van der Waals surface area (Å²) in [5.41, 5.74) is 2.47. The van der Waals surface area contributed by atoms with E-state index in [0.717, 1.165) is 34.8 Å². The van der Waals surface area contributed by atoms with Crippen LogP contribution in [0.15, 0.2) is 47.7 Å². The number of aromatic nitrogens is 1. The second-order valence-electron chi connectivity index (χ2n) is 9.67. The van der Waals surface area contributed by atoms with Crippen molar-refractivity contribution >= 4 is 57.6 Å². The quantitative estimate of drug-likeness (QED) is 0.351. The van der Waals surface area contributed by atoms with Crippen molar-refractivity contribution in [2.24, 2.45) is 0 Å². The molecule has 0 atom stereocenters. The number of fused-ring (bicyclic) bond motifs is 2. The van der Waals surface area contributed by atoms with Crippen LogP contribution in [0.2, 0.25) is 5.02 Å². The second kappa shape index (κ2) is 11.0. The number of benzene rings is 2. The molecule has 0 spiro atoms. The minimum Gasteiger partial charge on any atom is -0.481 e. The fourth-order valence-corrected chi connectivity index (χ4v) is 5.33. The summed E-state index contributed by atoms with van der Waals surface area (Å²) >= 11 is 5.82. The molecule has 0 unspecified atom stereocenters. The van der Waals surface area contributed by atoms with Crippen molar-refractivity contribution in [2.45, 2.75) is 32.6 Å². The number of ether oxygens (including phenoxy) is 1. The Morgan fingerprint density at radius 1 is 1.12 bits per heavy atom. The first-order chi connectivity index (χ1) is 19.6. The molecule has 0 bridgehead atoms. The van der Waals surface area contributed by atoms with Gasteiger partial charge >= 0.3 is 5.97 Å². The predicted octanol–water partition coefficient (Wildman–Crippen LogP) is 4.82. The van der Waals surface area contributed by atoms with Crippen LogP contribution in [0.3, 0.4) is 0 Å². The van der Waals surface area contributed by atoms with Crippen molar-refractivity contribution in [3.63, 3.8) is 0 Å². The Balaban J connectivity index is 0.000000191. The van der Waals surface area contributed by atoms with Gasteiger partial charge in [-0.05, 0) is 56.4 Å². The van der Waals surface area contributed by atoms with Gasteiger partial charge in [-0.1, -0.05) is 23.6 Å². The second-order valence-corrected chi connectivity index (χ2v) is 10.1. The molecule has 0 saturated heterocycles. The molecule has 9 nitrogen and oxygen atoms in total. The third-order valence-electron chi connectivity index (χ3n) is 7.00. The number of pyridine rings is 1. The Morgan fingerprint density at radius 3 is 2.44 bits per heavy atom. The summed E-state index contributed by atoms with van der Waals surface area (Å²) < 4.78 is 19.9. The number of hydrogen-bond acceptors (Lipinski definition) is 6. The van der Waals surface area contributed by atoms with Crippen molar-refractivity contribution in [1.82, 2.24) is 4.98 Å². The lowest BCUT2D eigenvalue weighted by molar-refractivity contribution is -0.121. The fraction of sp³-hybridized carbons (Fsp3) is 0.233. The number of anilines is 2. The lowest BCUT2D eigenvalue weighted by Crippen LogP contribution is -2.39. The minimum atomic E-state index is -1.05. The van der Waals surface area contributed by atoms with Gasteiger partial charge in [0.15, 0.2) is 12.4 Å². The van der Waals surface area contributed by atoms with E-state index in [-0.39, 0.29) is 46.8 Å². The van der Waals surface area contributed by atoms with E-state index in [4.69, 9.17) is 27.9 Å². The molecule has 11 heteroatoms. The number of imide groups is 1. The maximum absolute atomic E-state index is 14.7. The van der Waals surface area contributed by atoms with Crippen LogP contribution in [0.5, 0.6) is 5.75 Å². The van der Waals surface area contributed by atoms with Gasteiger partial charge in [0, 0.05) is 28.8 Å². The molecule has 208 valence electrons. The molecule has 1 aliphatic carbocycles. The molecule has 1 N–H and O–H groups in total. The van der Waals surface area contributed by atoms with Crippen molar-refractivity contribution in [3.8, 4) is 18.1 Å². The van der Waals surface area contributed by atoms with Crippen LogP contribution in [0.25, 0.3) is 10.9 Å². The van der Waals surface area contributed by atoms with Gasteiger partial charge in [-0.25, -0.2) is 14.1 Å². The summed E-state index contributed by atoms with van der Waals surface area (Å²) in [7, 11) is 0. The molecule has 41 heavy (non-hydrogen) atoms. The SMILES string of the molecule is C#CCN1C(=O)COc2cc(F)c(N3C(=O)C4=C(CCCC4)C3=O)cc21.Cc1cnc2c(C(=O)O)c(Cl)ccc2c1. The van der Waals surface area contributed by atoms with Crippen LogP contribution in [0.1, 0.15) is 41.6 Å². The van der Waals surface area contributed by atoms with Gasteiger partial charge in [-0.15, -0.1) is 6.42 Å². The van der Waals surface area contributed by atoms with Gasteiger partial charge in [0.05, 0.1) is 28.5 Å². The number of nitrogens with zero attached hydrogens (tertiary/aromatic N) is 3. The first-order valence-electron chi connectivity index (χ1n) is 12.7. The number of carboxylic acids is 1. The predicted molar refractivity (Wildman–Crippen MR) is 150 cm³/mol. The normalized spacial score (nSPS) is 16.1. The molecular weight excluding hydrogens is 553 g/mol. The summed E-state index contributed by atoms with van der Waals surface area (Å²) in [6, 6.07) is 7.59. The zero-order valence-corrected chi connectivity index (χ0v) is 22.6. The molecule has 0 radical (unpaired) electrons. The van der Waals surface area contributed by atoms with Crippen LogP contribution in [0.4, 0.5) is 15.8 Å². The Kier molecular flexibility index (Phi) is 7.47. The highest BCUT2D eigenvalue weighted by molar-refractivity contribution is 6.35. The molecular formula is C30H23ClFN3O6. The summed E-state index contributed by atoms with van der Waals surface area (Å²) in [4.78, 5) is 54.6. The maximum atomic E-state index is 14.7. The minimum absolute atomic E-state index is 0.0170. The highest BCUT2D eigenvalue weighted by Crippen LogP contribution is 2.41. The molecule has 1 aromatic heterocycles. The van der Waals surface area contributed by atoms with E-state index < -0.39 is 23.6 Å². The van der Waals surface area contributed by atoms with Crippen LogP contribution >= 0.6 is 11.6 Å². The number of carboxylic acid groups (broad SMARTS) is 1. The van der Waals surface area contributed by atoms with Gasteiger partial charge in [0.1, 0.15) is 11.3 Å². The highest BCUT2D eigenvalue weighted by atomic mass is 35.5. The monoisotopic (exact) mass is 575 g/mol. The number of hydrogen-bond donors (Lipinski definition) is 1. The number of aryl methyl sites for hydroxylation is 1. The maximum Gasteiger partial charge on any atom is 0.339 e. The summed E-state index contributed by atoms with van der Waals surface area (Å²) in [6.45, 7) is 1.64. The highest BCUT2D eigenvalue weighted by Gasteiger charge is 2.41. The first kappa shape index (κ1) is 27.8. The first-order valence-corrected chi connectivity index (χ1v) is 13.1. The van der Waals surface area contributed by atoms with Gasteiger partial charge in [-0.2, -0.15) is 0 Å². The Morgan fingerprint density at radius 2 is 1.80 bits per heavy atom. The Hall–Kier alpha value is -4.75. The van der Waals surface area contributed by atoms with Crippen LogP contribution in [0, 0.1) is 25.1 Å². The van der Waals surface area contributed by atoms with Crippen LogP contribution in [-0.2, 0) is 14.4 Å². The van der Waals surface area contributed by atoms with E-state index in [2.05, 4.69) is 10.9 Å². The molecule has 2 aromatic carbocycles. The van der Waals surface area contributed by atoms with Crippen LogP contribution < -0.4 is 14.5 Å². The number of carbonyl (C=O) groups excluding carboxylic acids is 3. The summed E-state index contributed by atoms with van der Waals surface area (Å²) in [5.74, 6) is -0.648. The summed E-state index contributed by atoms with van der Waals surface area (Å²) in [6.07, 6.45) is 9.64. The van der Waals surface area contributed by atoms with E-state index in [1.165, 1.54) is 11.0 Å². The molecule has 0 fully saturated rings. The largest absolute Gasteiger partial charge is 0.481 e. The third kappa shape index (κ3) is 5.00. The molecule has 0 saturated carbocycles. The van der Waals surface area contributed by atoms with Gasteiger partial charge in [0.25, 0.3) is 17.7 Å². The molecule has 6 rings (SSSR count). The number of amides is 3. The number of halogens is 2. The van der Waals surface area contributed by atoms with Gasteiger partial charge in [0.2, 0.25) is 0 Å². The van der Waals surface area contributed by atoms with Crippen molar-refractivity contribution in [1.29, 1.82) is 0 Å².